The number of nitrogens with one attached hydrogen (secondary N) is 1. The van der Waals surface area contributed by atoms with Crippen LogP contribution in [0.4, 0.5) is 22.0 Å². The zero-order chi connectivity index (χ0) is 16.0. The molecule has 0 atom stereocenters. The molecule has 0 fully saturated rings. The molecule has 0 bridgehead atoms. The van der Waals surface area contributed by atoms with Gasteiger partial charge in [-0.2, -0.15) is 8.78 Å². The average Bonchev–Trinajstić information content (AvgIpc) is 2.43. The second-order valence-electron chi connectivity index (χ2n) is 3.94. The zero-order valence-corrected chi connectivity index (χ0v) is 10.6. The van der Waals surface area contributed by atoms with Gasteiger partial charge in [0.15, 0.2) is 0 Å². The van der Waals surface area contributed by atoms with Crippen molar-refractivity contribution in [3.63, 3.8) is 0 Å². The Labute approximate surface area is 117 Å². The molecule has 21 heavy (non-hydrogen) atoms. The third-order valence-electron chi connectivity index (χ3n) is 2.35. The molecular formula is C13H11F5N2O. The van der Waals surface area contributed by atoms with Crippen LogP contribution in [0.15, 0.2) is 18.2 Å². The van der Waals surface area contributed by atoms with E-state index < -0.39 is 36.2 Å². The highest BCUT2D eigenvalue weighted by atomic mass is 19.3. The molecular weight excluding hydrogens is 295 g/mol. The number of carbonyl (C=O) groups is 1. The molecule has 1 rings (SSSR count). The van der Waals surface area contributed by atoms with E-state index in [-0.39, 0.29) is 12.1 Å². The van der Waals surface area contributed by atoms with Crippen LogP contribution in [0, 0.1) is 17.7 Å². The highest BCUT2D eigenvalue weighted by Gasteiger charge is 2.41. The molecule has 1 aromatic rings. The minimum Gasteiger partial charge on any atom is -0.346 e. The van der Waals surface area contributed by atoms with Crippen LogP contribution in [0.3, 0.4) is 0 Å². The number of hydrogen-bond donors (Lipinski definition) is 2. The second-order valence-corrected chi connectivity index (χ2v) is 3.94. The number of nitrogens with two attached hydrogens (primary N) is 1. The molecule has 0 spiro atoms. The summed E-state index contributed by atoms with van der Waals surface area (Å²) < 4.78 is 62.7. The van der Waals surface area contributed by atoms with E-state index >= 15 is 0 Å². The molecule has 0 aliphatic carbocycles. The molecule has 0 radical (unpaired) electrons. The van der Waals surface area contributed by atoms with Crippen molar-refractivity contribution in [2.75, 3.05) is 13.1 Å². The van der Waals surface area contributed by atoms with Crippen LogP contribution in [0.5, 0.6) is 0 Å². The first kappa shape index (κ1) is 16.9. The predicted octanol–water partition coefficient (Wildman–Crippen LogP) is 1.77. The predicted molar refractivity (Wildman–Crippen MR) is 65.6 cm³/mol. The number of hydrogen-bond acceptors (Lipinski definition) is 2. The Morgan fingerprint density at radius 3 is 2.62 bits per heavy atom. The normalized spacial score (nSPS) is 11.0. The van der Waals surface area contributed by atoms with Gasteiger partial charge in [0.1, 0.15) is 5.82 Å². The monoisotopic (exact) mass is 306 g/mol. The fraction of sp³-hybridized carbons (Fsp3) is 0.308. The van der Waals surface area contributed by atoms with Gasteiger partial charge in [-0.3, -0.25) is 4.79 Å². The summed E-state index contributed by atoms with van der Waals surface area (Å²) >= 11 is 0. The quantitative estimate of drug-likeness (QED) is 0.658. The summed E-state index contributed by atoms with van der Waals surface area (Å²) in [5.74, 6) is -1.61. The molecule has 0 aliphatic heterocycles. The van der Waals surface area contributed by atoms with E-state index in [1.54, 1.807) is 5.32 Å². The second kappa shape index (κ2) is 7.04. The lowest BCUT2D eigenvalue weighted by Gasteiger charge is -2.15. The molecule has 1 aromatic carbocycles. The van der Waals surface area contributed by atoms with Crippen LogP contribution in [0.2, 0.25) is 0 Å². The number of alkyl halides is 4. The van der Waals surface area contributed by atoms with Crippen LogP contribution in [-0.2, 0) is 0 Å². The molecule has 114 valence electrons. The number of carbonyl (C=O) groups excluding carboxylic acids is 1. The van der Waals surface area contributed by atoms with Crippen molar-refractivity contribution in [2.24, 2.45) is 5.73 Å². The van der Waals surface area contributed by atoms with E-state index in [4.69, 9.17) is 5.73 Å². The Morgan fingerprint density at radius 1 is 1.38 bits per heavy atom. The first-order valence-electron chi connectivity index (χ1n) is 5.70. The Balaban J connectivity index is 2.87. The van der Waals surface area contributed by atoms with Gasteiger partial charge in [0, 0.05) is 5.56 Å². The van der Waals surface area contributed by atoms with Gasteiger partial charge < -0.3 is 11.1 Å². The topological polar surface area (TPSA) is 55.1 Å². The summed E-state index contributed by atoms with van der Waals surface area (Å²) in [6, 6.07) is 3.21. The van der Waals surface area contributed by atoms with Gasteiger partial charge in [0.25, 0.3) is 5.91 Å². The van der Waals surface area contributed by atoms with E-state index in [0.717, 1.165) is 12.1 Å². The third-order valence-corrected chi connectivity index (χ3v) is 2.35. The zero-order valence-electron chi connectivity index (χ0n) is 10.6. The maximum absolute atomic E-state index is 13.5. The summed E-state index contributed by atoms with van der Waals surface area (Å²) in [6.45, 7) is -1.55. The maximum atomic E-state index is 13.5. The first-order chi connectivity index (χ1) is 9.77. The van der Waals surface area contributed by atoms with Gasteiger partial charge in [0.2, 0.25) is 0 Å². The van der Waals surface area contributed by atoms with Crippen molar-refractivity contribution in [2.45, 2.75) is 12.3 Å². The Kier molecular flexibility index (Phi) is 5.67. The van der Waals surface area contributed by atoms with Crippen molar-refractivity contribution >= 4 is 5.91 Å². The summed E-state index contributed by atoms with van der Waals surface area (Å²) in [6.07, 6.45) is -3.93. The number of halogens is 5. The Hall–Kier alpha value is -2.14. The Bertz CT molecular complexity index is 578. The van der Waals surface area contributed by atoms with Crippen molar-refractivity contribution in [3.8, 4) is 11.8 Å². The van der Waals surface area contributed by atoms with Crippen LogP contribution in [0.1, 0.15) is 15.9 Å². The minimum absolute atomic E-state index is 0.0412. The SMILES string of the molecule is NCC#Cc1ccc(F)c(C(=O)NCC(F)(F)C(F)F)c1. The highest BCUT2D eigenvalue weighted by Crippen LogP contribution is 2.21. The average molecular weight is 306 g/mol. The van der Waals surface area contributed by atoms with Crippen molar-refractivity contribution in [1.29, 1.82) is 0 Å². The lowest BCUT2D eigenvalue weighted by Crippen LogP contribution is -2.41. The van der Waals surface area contributed by atoms with Gasteiger partial charge in [0.05, 0.1) is 18.7 Å². The third kappa shape index (κ3) is 4.72. The molecule has 0 saturated heterocycles. The van der Waals surface area contributed by atoms with Gasteiger partial charge in [-0.1, -0.05) is 11.8 Å². The lowest BCUT2D eigenvalue weighted by molar-refractivity contribution is -0.123. The largest absolute Gasteiger partial charge is 0.346 e. The van der Waals surface area contributed by atoms with E-state index in [2.05, 4.69) is 11.8 Å². The van der Waals surface area contributed by atoms with Crippen molar-refractivity contribution in [3.05, 3.63) is 35.1 Å². The summed E-state index contributed by atoms with van der Waals surface area (Å²) in [5, 5.41) is 1.56. The van der Waals surface area contributed by atoms with E-state index in [9.17, 15) is 26.7 Å². The maximum Gasteiger partial charge on any atom is 0.324 e. The van der Waals surface area contributed by atoms with Crippen molar-refractivity contribution < 1.29 is 26.7 Å². The number of rotatable bonds is 4. The lowest BCUT2D eigenvalue weighted by atomic mass is 10.1. The molecule has 8 heteroatoms. The van der Waals surface area contributed by atoms with E-state index in [0.29, 0.717) is 0 Å². The molecule has 0 unspecified atom stereocenters. The molecule has 1 amide bonds. The summed E-state index contributed by atoms with van der Waals surface area (Å²) in [4.78, 5) is 11.6. The Morgan fingerprint density at radius 2 is 2.05 bits per heavy atom. The molecule has 3 nitrogen and oxygen atoms in total. The van der Waals surface area contributed by atoms with Gasteiger partial charge in [-0.05, 0) is 18.2 Å². The van der Waals surface area contributed by atoms with Gasteiger partial charge in [-0.25, -0.2) is 13.2 Å². The van der Waals surface area contributed by atoms with Crippen LogP contribution in [-0.4, -0.2) is 31.3 Å². The summed E-state index contributed by atoms with van der Waals surface area (Å²) in [5.41, 5.74) is 4.82. The van der Waals surface area contributed by atoms with Gasteiger partial charge >= 0.3 is 12.3 Å². The summed E-state index contributed by atoms with van der Waals surface area (Å²) in [7, 11) is 0. The molecule has 0 aliphatic rings. The molecule has 0 heterocycles. The van der Waals surface area contributed by atoms with E-state index in [1.165, 1.54) is 6.07 Å². The number of benzene rings is 1. The van der Waals surface area contributed by atoms with Crippen LogP contribution in [0.25, 0.3) is 0 Å². The molecule has 0 saturated carbocycles. The van der Waals surface area contributed by atoms with E-state index in [1.807, 2.05) is 0 Å². The van der Waals surface area contributed by atoms with Crippen LogP contribution >= 0.6 is 0 Å². The standard InChI is InChI=1S/C13H11F5N2O/c14-10-4-3-8(2-1-5-19)6-9(10)11(21)20-7-13(17,18)12(15)16/h3-4,6,12H,5,7,19H2,(H,20,21). The number of amides is 1. The fourth-order valence-corrected chi connectivity index (χ4v) is 1.30. The minimum atomic E-state index is -4.39. The molecule has 3 N–H and O–H groups in total. The molecule has 0 aromatic heterocycles. The van der Waals surface area contributed by atoms with Crippen LogP contribution < -0.4 is 11.1 Å². The fourth-order valence-electron chi connectivity index (χ4n) is 1.30. The smallest absolute Gasteiger partial charge is 0.324 e. The highest BCUT2D eigenvalue weighted by molar-refractivity contribution is 5.94. The first-order valence-corrected chi connectivity index (χ1v) is 5.70. The van der Waals surface area contributed by atoms with Crippen molar-refractivity contribution in [1.82, 2.24) is 5.32 Å². The van der Waals surface area contributed by atoms with Gasteiger partial charge in [-0.15, -0.1) is 0 Å².